The molecular formula is C30H38N4O5. The number of hydrogen-bond donors (Lipinski definition) is 1. The topological polar surface area (TPSA) is 99.3 Å². The van der Waals surface area contributed by atoms with Crippen LogP contribution in [0.4, 0.5) is 0 Å². The Bertz CT molecular complexity index is 1160. The first-order chi connectivity index (χ1) is 18.8. The highest BCUT2D eigenvalue weighted by Gasteiger charge is 2.38. The van der Waals surface area contributed by atoms with E-state index in [1.807, 2.05) is 17.0 Å². The van der Waals surface area contributed by atoms with Crippen molar-refractivity contribution in [3.05, 3.63) is 71.5 Å². The maximum absolute atomic E-state index is 12.7. The fourth-order valence-corrected chi connectivity index (χ4v) is 5.04. The van der Waals surface area contributed by atoms with Crippen LogP contribution in [-0.2, 0) is 37.1 Å². The highest BCUT2D eigenvalue weighted by Crippen LogP contribution is 2.23. The van der Waals surface area contributed by atoms with E-state index in [-0.39, 0.29) is 24.1 Å². The number of piperazine rings is 1. The third-order valence-electron chi connectivity index (χ3n) is 7.36. The van der Waals surface area contributed by atoms with Crippen LogP contribution in [0, 0.1) is 0 Å². The third kappa shape index (κ3) is 7.66. The Balaban J connectivity index is 1.19. The van der Waals surface area contributed by atoms with Crippen LogP contribution in [0.5, 0.6) is 0 Å². The molecular weight excluding hydrogens is 496 g/mol. The number of imide groups is 1. The molecule has 3 fully saturated rings. The minimum absolute atomic E-state index is 0.177. The number of allylic oxidation sites excluding steroid dienone is 3. The lowest BCUT2D eigenvalue weighted by molar-refractivity contribution is -0.142. The Morgan fingerprint density at radius 1 is 1.08 bits per heavy atom. The maximum Gasteiger partial charge on any atom is 0.250 e. The molecule has 3 aliphatic heterocycles. The molecule has 4 rings (SSSR count). The predicted molar refractivity (Wildman–Crippen MR) is 147 cm³/mol. The zero-order chi connectivity index (χ0) is 27.8. The summed E-state index contributed by atoms with van der Waals surface area (Å²) < 4.78 is 5.76. The number of ether oxygens (including phenoxy) is 1. The van der Waals surface area contributed by atoms with E-state index in [4.69, 9.17) is 4.74 Å². The molecule has 3 heterocycles. The van der Waals surface area contributed by atoms with Gasteiger partial charge in [0.15, 0.2) is 0 Å². The summed E-state index contributed by atoms with van der Waals surface area (Å²) in [6.45, 7) is 10.7. The summed E-state index contributed by atoms with van der Waals surface area (Å²) in [5.74, 6) is -0.181. The van der Waals surface area contributed by atoms with Gasteiger partial charge in [0.25, 0.3) is 5.91 Å². The van der Waals surface area contributed by atoms with Crippen LogP contribution in [0.25, 0.3) is 0 Å². The van der Waals surface area contributed by atoms with Gasteiger partial charge in [-0.1, -0.05) is 56.3 Å². The van der Waals surface area contributed by atoms with Gasteiger partial charge in [-0.15, -0.1) is 0 Å². The van der Waals surface area contributed by atoms with Gasteiger partial charge in [0.2, 0.25) is 17.7 Å². The van der Waals surface area contributed by atoms with Crippen molar-refractivity contribution >= 4 is 23.6 Å². The summed E-state index contributed by atoms with van der Waals surface area (Å²) in [6, 6.07) is 7.59. The molecule has 208 valence electrons. The lowest BCUT2D eigenvalue weighted by Crippen LogP contribution is -2.52. The van der Waals surface area contributed by atoms with E-state index in [0.29, 0.717) is 43.9 Å². The molecule has 0 bridgehead atoms. The van der Waals surface area contributed by atoms with Crippen LogP contribution in [0.1, 0.15) is 50.2 Å². The molecule has 39 heavy (non-hydrogen) atoms. The number of piperidine rings is 1. The zero-order valence-electron chi connectivity index (χ0n) is 22.7. The van der Waals surface area contributed by atoms with Crippen molar-refractivity contribution in [2.75, 3.05) is 32.7 Å². The quantitative estimate of drug-likeness (QED) is 0.203. The Morgan fingerprint density at radius 3 is 2.56 bits per heavy atom. The zero-order valence-corrected chi connectivity index (χ0v) is 22.7. The van der Waals surface area contributed by atoms with Gasteiger partial charge in [-0.25, -0.2) is 0 Å². The Hall–Kier alpha value is -3.72. The van der Waals surface area contributed by atoms with E-state index in [1.54, 1.807) is 23.1 Å². The molecule has 4 amide bonds. The fourth-order valence-electron chi connectivity index (χ4n) is 5.04. The lowest BCUT2D eigenvalue weighted by Gasteiger charge is -2.34. The fraction of sp³-hybridized carbons (Fsp3) is 0.467. The maximum atomic E-state index is 12.7. The summed E-state index contributed by atoms with van der Waals surface area (Å²) in [4.78, 5) is 54.3. The number of carbonyl (C=O) groups is 4. The molecule has 1 N–H and O–H groups in total. The third-order valence-corrected chi connectivity index (χ3v) is 7.36. The molecule has 0 saturated carbocycles. The van der Waals surface area contributed by atoms with Gasteiger partial charge in [0.05, 0.1) is 6.54 Å². The molecule has 0 spiro atoms. The first-order valence-electron chi connectivity index (χ1n) is 13.8. The van der Waals surface area contributed by atoms with Gasteiger partial charge in [0, 0.05) is 44.7 Å². The van der Waals surface area contributed by atoms with Crippen molar-refractivity contribution in [3.8, 4) is 0 Å². The number of amides is 4. The molecule has 3 aliphatic rings. The van der Waals surface area contributed by atoms with Crippen molar-refractivity contribution in [2.45, 2.75) is 58.2 Å². The number of benzene rings is 1. The van der Waals surface area contributed by atoms with E-state index in [9.17, 15) is 19.2 Å². The van der Waals surface area contributed by atoms with Crippen LogP contribution < -0.4 is 5.32 Å². The van der Waals surface area contributed by atoms with Crippen LogP contribution in [0.2, 0.25) is 0 Å². The number of hydrogen-bond acceptors (Lipinski definition) is 6. The second-order valence-corrected chi connectivity index (χ2v) is 10.3. The molecule has 3 saturated heterocycles. The van der Waals surface area contributed by atoms with E-state index >= 15 is 0 Å². The largest absolute Gasteiger partial charge is 0.490 e. The Morgan fingerprint density at radius 2 is 1.85 bits per heavy atom. The highest BCUT2D eigenvalue weighted by atomic mass is 16.5. The smallest absolute Gasteiger partial charge is 0.250 e. The van der Waals surface area contributed by atoms with E-state index < -0.39 is 11.9 Å². The SMILES string of the molecule is C=C(/C=C\C=C1/CCN(C2CCC(=O)NC2=O)C1=O)OCc1ccc(CN2CCN(CCCC)C(=O)C2)cc1. The standard InChI is InChI=1S/C30H38N4O5/c1-3-4-15-33-18-17-32(20-28(33)36)19-23-8-10-24(11-9-23)21-39-22(2)6-5-7-25-14-16-34(30(25)38)26-12-13-27(35)31-29(26)37/h5-11,26H,2-4,12-21H2,1H3,(H,31,35,37)/b6-5-,25-7+. The number of nitrogens with one attached hydrogen (secondary N) is 1. The van der Waals surface area contributed by atoms with Gasteiger partial charge < -0.3 is 14.5 Å². The summed E-state index contributed by atoms with van der Waals surface area (Å²) >= 11 is 0. The summed E-state index contributed by atoms with van der Waals surface area (Å²) in [6.07, 6.45) is 8.47. The molecule has 9 nitrogen and oxygen atoms in total. The van der Waals surface area contributed by atoms with E-state index in [0.717, 1.165) is 50.1 Å². The number of likely N-dealkylation sites (tertiary alicyclic amines) is 1. The van der Waals surface area contributed by atoms with Gasteiger partial charge in [-0.05, 0) is 36.5 Å². The average Bonchev–Trinajstić information content (AvgIpc) is 3.27. The molecule has 1 atom stereocenters. The van der Waals surface area contributed by atoms with Gasteiger partial charge in [-0.3, -0.25) is 29.4 Å². The highest BCUT2D eigenvalue weighted by molar-refractivity contribution is 6.04. The lowest BCUT2D eigenvalue weighted by atomic mass is 10.0. The number of carbonyl (C=O) groups excluding carboxylic acids is 4. The summed E-state index contributed by atoms with van der Waals surface area (Å²) in [5.41, 5.74) is 2.79. The molecule has 9 heteroatoms. The van der Waals surface area contributed by atoms with Gasteiger partial charge in [-0.2, -0.15) is 0 Å². The molecule has 0 aromatic heterocycles. The van der Waals surface area contributed by atoms with Gasteiger partial charge in [0.1, 0.15) is 18.4 Å². The van der Waals surface area contributed by atoms with Crippen molar-refractivity contribution in [1.82, 2.24) is 20.0 Å². The number of nitrogens with zero attached hydrogens (tertiary/aromatic N) is 3. The first-order valence-corrected chi connectivity index (χ1v) is 13.8. The van der Waals surface area contributed by atoms with E-state index in [1.165, 1.54) is 0 Å². The van der Waals surface area contributed by atoms with Crippen LogP contribution >= 0.6 is 0 Å². The summed E-state index contributed by atoms with van der Waals surface area (Å²) in [7, 11) is 0. The minimum Gasteiger partial charge on any atom is -0.490 e. The monoisotopic (exact) mass is 534 g/mol. The first kappa shape index (κ1) is 28.3. The van der Waals surface area contributed by atoms with Crippen molar-refractivity contribution in [2.24, 2.45) is 0 Å². The second kappa shape index (κ2) is 13.4. The molecule has 1 unspecified atom stereocenters. The number of rotatable bonds is 11. The Kier molecular flexibility index (Phi) is 9.70. The van der Waals surface area contributed by atoms with Gasteiger partial charge >= 0.3 is 0 Å². The molecule has 0 radical (unpaired) electrons. The second-order valence-electron chi connectivity index (χ2n) is 10.3. The molecule has 0 aliphatic carbocycles. The van der Waals surface area contributed by atoms with Crippen molar-refractivity contribution in [3.63, 3.8) is 0 Å². The van der Waals surface area contributed by atoms with Crippen LogP contribution in [-0.4, -0.2) is 77.1 Å². The predicted octanol–water partition coefficient (Wildman–Crippen LogP) is 2.68. The minimum atomic E-state index is -0.585. The number of unbranched alkanes of at least 4 members (excludes halogenated alkanes) is 1. The molecule has 1 aromatic rings. The van der Waals surface area contributed by atoms with Crippen LogP contribution in [0.15, 0.2) is 60.4 Å². The van der Waals surface area contributed by atoms with Crippen LogP contribution in [0.3, 0.4) is 0 Å². The molecule has 1 aromatic carbocycles. The summed E-state index contributed by atoms with van der Waals surface area (Å²) in [5, 5.41) is 2.31. The Labute approximate surface area is 230 Å². The van der Waals surface area contributed by atoms with Crippen molar-refractivity contribution < 1.29 is 23.9 Å². The average molecular weight is 535 g/mol. The van der Waals surface area contributed by atoms with E-state index in [2.05, 4.69) is 35.9 Å². The van der Waals surface area contributed by atoms with Crippen molar-refractivity contribution in [1.29, 1.82) is 0 Å². The normalized spacial score (nSPS) is 21.8.